The third kappa shape index (κ3) is 3.20. The molecule has 1 aromatic rings. The van der Waals surface area contributed by atoms with Crippen LogP contribution < -0.4 is 0 Å². The van der Waals surface area contributed by atoms with E-state index in [1.165, 1.54) is 18.7 Å². The number of hydrogen-bond acceptors (Lipinski definition) is 3. The van der Waals surface area contributed by atoms with Crippen molar-refractivity contribution >= 4 is 16.9 Å². The molecule has 0 saturated carbocycles. The Hall–Kier alpha value is -0.800. The number of rotatable bonds is 2. The van der Waals surface area contributed by atoms with Crippen molar-refractivity contribution in [1.82, 2.24) is 0 Å². The van der Waals surface area contributed by atoms with Crippen LogP contribution >= 0.6 is 11.8 Å². The summed E-state index contributed by atoms with van der Waals surface area (Å²) in [5.41, 5.74) is 0.868. The molecule has 0 radical (unpaired) electrons. The maximum absolute atomic E-state index is 10.7. The lowest BCUT2D eigenvalue weighted by atomic mass is 10.1. The molecule has 0 heterocycles. The van der Waals surface area contributed by atoms with E-state index in [0.717, 1.165) is 10.5 Å². The molecule has 0 aliphatic carbocycles. The van der Waals surface area contributed by atoms with Crippen LogP contribution in [0.25, 0.3) is 0 Å². The van der Waals surface area contributed by atoms with Crippen LogP contribution in [0.1, 0.15) is 25.5 Å². The van der Waals surface area contributed by atoms with Gasteiger partial charge in [0.25, 0.3) is 0 Å². The molecule has 0 fully saturated rings. The van der Waals surface area contributed by atoms with Crippen molar-refractivity contribution < 1.29 is 9.90 Å². The zero-order valence-corrected chi connectivity index (χ0v) is 8.47. The van der Waals surface area contributed by atoms with E-state index in [0.29, 0.717) is 0 Å². The summed E-state index contributed by atoms with van der Waals surface area (Å²) in [6.07, 6.45) is -0.448. The van der Waals surface area contributed by atoms with Gasteiger partial charge < -0.3 is 5.11 Å². The van der Waals surface area contributed by atoms with Crippen LogP contribution in [0.3, 0.4) is 0 Å². The van der Waals surface area contributed by atoms with Gasteiger partial charge in [-0.25, -0.2) is 0 Å². The second-order valence-corrected chi connectivity index (χ2v) is 4.09. The van der Waals surface area contributed by atoms with Crippen LogP contribution in [-0.2, 0) is 4.79 Å². The van der Waals surface area contributed by atoms with E-state index in [9.17, 15) is 9.90 Å². The van der Waals surface area contributed by atoms with Crippen molar-refractivity contribution in [3.05, 3.63) is 29.8 Å². The lowest BCUT2D eigenvalue weighted by Gasteiger charge is -2.04. The van der Waals surface area contributed by atoms with Crippen molar-refractivity contribution in [3.63, 3.8) is 0 Å². The molecule has 0 bridgehead atoms. The molecule has 1 rings (SSSR count). The average molecular weight is 196 g/mol. The molecule has 13 heavy (non-hydrogen) atoms. The van der Waals surface area contributed by atoms with E-state index in [-0.39, 0.29) is 5.12 Å². The molecule has 1 atom stereocenters. The molecule has 1 unspecified atom stereocenters. The number of benzene rings is 1. The molecular weight excluding hydrogens is 184 g/mol. The Kier molecular flexibility index (Phi) is 3.51. The molecule has 0 aliphatic rings. The molecule has 3 heteroatoms. The van der Waals surface area contributed by atoms with Crippen molar-refractivity contribution in [2.24, 2.45) is 0 Å². The van der Waals surface area contributed by atoms with Crippen LogP contribution in [0, 0.1) is 0 Å². The van der Waals surface area contributed by atoms with Crippen LogP contribution in [-0.4, -0.2) is 10.2 Å². The third-order valence-corrected chi connectivity index (χ3v) is 2.42. The molecule has 0 amide bonds. The Balaban J connectivity index is 2.75. The summed E-state index contributed by atoms with van der Waals surface area (Å²) in [6.45, 7) is 3.25. The SMILES string of the molecule is CC(=O)Sc1ccc(C(C)O)cc1. The smallest absolute Gasteiger partial charge is 0.190 e. The van der Waals surface area contributed by atoms with E-state index in [1.54, 1.807) is 6.92 Å². The second-order valence-electron chi connectivity index (χ2n) is 2.84. The first-order chi connectivity index (χ1) is 6.09. The molecule has 0 saturated heterocycles. The lowest BCUT2D eigenvalue weighted by molar-refractivity contribution is -0.109. The monoisotopic (exact) mass is 196 g/mol. The molecule has 1 N–H and O–H groups in total. The fourth-order valence-electron chi connectivity index (χ4n) is 0.980. The van der Waals surface area contributed by atoms with E-state index < -0.39 is 6.10 Å². The number of carbonyl (C=O) groups excluding carboxylic acids is 1. The largest absolute Gasteiger partial charge is 0.389 e. The number of hydrogen-bond donors (Lipinski definition) is 1. The maximum Gasteiger partial charge on any atom is 0.190 e. The predicted molar refractivity (Wildman–Crippen MR) is 53.6 cm³/mol. The van der Waals surface area contributed by atoms with Gasteiger partial charge in [0.2, 0.25) is 0 Å². The first kappa shape index (κ1) is 10.3. The summed E-state index contributed by atoms with van der Waals surface area (Å²) in [5.74, 6) is 0. The summed E-state index contributed by atoms with van der Waals surface area (Å²) in [4.78, 5) is 11.7. The number of aliphatic hydroxyl groups excluding tert-OH is 1. The zero-order valence-electron chi connectivity index (χ0n) is 7.65. The van der Waals surface area contributed by atoms with Gasteiger partial charge in [0.1, 0.15) is 0 Å². The van der Waals surface area contributed by atoms with Crippen molar-refractivity contribution in [3.8, 4) is 0 Å². The van der Waals surface area contributed by atoms with Gasteiger partial charge in [-0.1, -0.05) is 23.9 Å². The van der Waals surface area contributed by atoms with Crippen LogP contribution in [0.5, 0.6) is 0 Å². The Morgan fingerprint density at radius 2 is 1.92 bits per heavy atom. The van der Waals surface area contributed by atoms with E-state index in [4.69, 9.17) is 0 Å². The van der Waals surface area contributed by atoms with Crippen LogP contribution in [0.4, 0.5) is 0 Å². The third-order valence-electron chi connectivity index (χ3n) is 1.62. The Labute approximate surface area is 82.0 Å². The van der Waals surface area contributed by atoms with Gasteiger partial charge in [-0.15, -0.1) is 0 Å². The normalized spacial score (nSPS) is 12.5. The summed E-state index contributed by atoms with van der Waals surface area (Å²) < 4.78 is 0. The van der Waals surface area contributed by atoms with E-state index >= 15 is 0 Å². The highest BCUT2D eigenvalue weighted by Gasteiger charge is 2.01. The predicted octanol–water partition coefficient (Wildman–Crippen LogP) is 2.38. The molecule has 0 aliphatic heterocycles. The van der Waals surface area contributed by atoms with Crippen molar-refractivity contribution in [2.45, 2.75) is 24.8 Å². The zero-order chi connectivity index (χ0) is 9.84. The summed E-state index contributed by atoms with van der Waals surface area (Å²) in [7, 11) is 0. The number of aliphatic hydroxyl groups is 1. The lowest BCUT2D eigenvalue weighted by Crippen LogP contribution is -1.90. The molecule has 0 spiro atoms. The second kappa shape index (κ2) is 4.44. The van der Waals surface area contributed by atoms with Crippen molar-refractivity contribution in [2.75, 3.05) is 0 Å². The van der Waals surface area contributed by atoms with Crippen LogP contribution in [0.15, 0.2) is 29.2 Å². The first-order valence-corrected chi connectivity index (χ1v) is 4.87. The maximum atomic E-state index is 10.7. The topological polar surface area (TPSA) is 37.3 Å². The van der Waals surface area contributed by atoms with E-state index in [2.05, 4.69) is 0 Å². The van der Waals surface area contributed by atoms with E-state index in [1.807, 2.05) is 24.3 Å². The number of thioether (sulfide) groups is 1. The van der Waals surface area contributed by atoms with Gasteiger partial charge in [-0.3, -0.25) is 4.79 Å². The quantitative estimate of drug-likeness (QED) is 0.738. The van der Waals surface area contributed by atoms with Gasteiger partial charge in [0.05, 0.1) is 6.10 Å². The standard InChI is InChI=1S/C10H12O2S/c1-7(11)9-3-5-10(6-4-9)13-8(2)12/h3-7,11H,1-2H3. The fraction of sp³-hybridized carbons (Fsp3) is 0.300. The highest BCUT2D eigenvalue weighted by Crippen LogP contribution is 2.21. The Morgan fingerprint density at radius 1 is 1.38 bits per heavy atom. The van der Waals surface area contributed by atoms with Gasteiger partial charge in [0.15, 0.2) is 5.12 Å². The molecule has 2 nitrogen and oxygen atoms in total. The van der Waals surface area contributed by atoms with Gasteiger partial charge in [-0.2, -0.15) is 0 Å². The molecular formula is C10H12O2S. The molecule has 1 aromatic carbocycles. The van der Waals surface area contributed by atoms with Crippen LogP contribution in [0.2, 0.25) is 0 Å². The Morgan fingerprint density at radius 3 is 2.31 bits per heavy atom. The van der Waals surface area contributed by atoms with Gasteiger partial charge in [-0.05, 0) is 24.6 Å². The Bertz CT molecular complexity index is 290. The highest BCUT2D eigenvalue weighted by molar-refractivity contribution is 8.13. The first-order valence-electron chi connectivity index (χ1n) is 4.06. The fourth-order valence-corrected chi connectivity index (χ4v) is 1.58. The minimum Gasteiger partial charge on any atom is -0.389 e. The summed E-state index contributed by atoms with van der Waals surface area (Å²) >= 11 is 1.20. The highest BCUT2D eigenvalue weighted by atomic mass is 32.2. The summed E-state index contributed by atoms with van der Waals surface area (Å²) in [6, 6.07) is 7.34. The van der Waals surface area contributed by atoms with Crippen molar-refractivity contribution in [1.29, 1.82) is 0 Å². The average Bonchev–Trinajstić information content (AvgIpc) is 2.04. The summed E-state index contributed by atoms with van der Waals surface area (Å²) in [5, 5.41) is 9.30. The van der Waals surface area contributed by atoms with Gasteiger partial charge >= 0.3 is 0 Å². The minimum absolute atomic E-state index is 0.0739. The van der Waals surface area contributed by atoms with Gasteiger partial charge in [0, 0.05) is 11.8 Å². The molecule has 70 valence electrons. The minimum atomic E-state index is -0.448. The number of carbonyl (C=O) groups is 1. The molecule has 0 aromatic heterocycles.